The lowest BCUT2D eigenvalue weighted by molar-refractivity contribution is 0.101. The molecule has 0 unspecified atom stereocenters. The molecule has 0 saturated carbocycles. The predicted octanol–water partition coefficient (Wildman–Crippen LogP) is 2.38. The number of carbonyl (C=O) groups is 1. The fraction of sp³-hybridized carbons (Fsp3) is 0.188. The highest BCUT2D eigenvalue weighted by Crippen LogP contribution is 2.27. The van der Waals surface area contributed by atoms with E-state index in [-0.39, 0.29) is 11.9 Å². The highest BCUT2D eigenvalue weighted by Gasteiger charge is 2.15. The van der Waals surface area contributed by atoms with Gasteiger partial charge in [0.2, 0.25) is 5.95 Å². The molecule has 2 aromatic heterocycles. The van der Waals surface area contributed by atoms with Crippen LogP contribution in [0.4, 0.5) is 5.95 Å². The van der Waals surface area contributed by atoms with Gasteiger partial charge in [0.15, 0.2) is 5.82 Å². The Morgan fingerprint density at radius 2 is 2.04 bits per heavy atom. The molecule has 2 N–H and O–H groups in total. The standard InChI is InChI=1S/C16H17N5O2/c1-10-8-9-12(21(10)2)15(22)18-16-17-14(19-20-16)11-6-4-5-7-13(11)23-3/h4-9H,1-3H3,(H2,17,18,19,20,22). The monoisotopic (exact) mass is 311 g/mol. The average Bonchev–Trinajstić information content (AvgIpc) is 3.15. The quantitative estimate of drug-likeness (QED) is 0.774. The van der Waals surface area contributed by atoms with Gasteiger partial charge >= 0.3 is 0 Å². The van der Waals surface area contributed by atoms with Gasteiger partial charge in [-0.05, 0) is 31.2 Å². The summed E-state index contributed by atoms with van der Waals surface area (Å²) in [6, 6.07) is 11.1. The number of H-pyrrole nitrogens is 1. The molecule has 7 nitrogen and oxygen atoms in total. The summed E-state index contributed by atoms with van der Waals surface area (Å²) in [6.45, 7) is 1.93. The summed E-state index contributed by atoms with van der Waals surface area (Å²) in [6.07, 6.45) is 0. The Bertz CT molecular complexity index is 850. The van der Waals surface area contributed by atoms with Crippen molar-refractivity contribution in [3.63, 3.8) is 0 Å². The van der Waals surface area contributed by atoms with Crippen LogP contribution in [0.1, 0.15) is 16.2 Å². The van der Waals surface area contributed by atoms with Crippen LogP contribution in [0.2, 0.25) is 0 Å². The maximum atomic E-state index is 12.3. The lowest BCUT2D eigenvalue weighted by atomic mass is 10.2. The van der Waals surface area contributed by atoms with Crippen molar-refractivity contribution in [1.29, 1.82) is 0 Å². The first-order valence-corrected chi connectivity index (χ1v) is 7.09. The van der Waals surface area contributed by atoms with Crippen molar-refractivity contribution in [1.82, 2.24) is 19.7 Å². The van der Waals surface area contributed by atoms with E-state index in [1.165, 1.54) is 0 Å². The van der Waals surface area contributed by atoms with Gasteiger partial charge in [0.1, 0.15) is 11.4 Å². The summed E-state index contributed by atoms with van der Waals surface area (Å²) in [4.78, 5) is 16.6. The van der Waals surface area contributed by atoms with Crippen molar-refractivity contribution >= 4 is 11.9 Å². The zero-order chi connectivity index (χ0) is 16.4. The molecular weight excluding hydrogens is 294 g/mol. The van der Waals surface area contributed by atoms with Crippen LogP contribution in [0, 0.1) is 6.92 Å². The molecule has 2 heterocycles. The van der Waals surface area contributed by atoms with Crippen molar-refractivity contribution in [2.24, 2.45) is 7.05 Å². The predicted molar refractivity (Wildman–Crippen MR) is 86.5 cm³/mol. The number of ether oxygens (including phenoxy) is 1. The van der Waals surface area contributed by atoms with Crippen LogP contribution < -0.4 is 10.1 Å². The van der Waals surface area contributed by atoms with E-state index in [0.717, 1.165) is 11.3 Å². The molecule has 23 heavy (non-hydrogen) atoms. The van der Waals surface area contributed by atoms with E-state index < -0.39 is 0 Å². The summed E-state index contributed by atoms with van der Waals surface area (Å²) in [5, 5.41) is 9.53. The minimum atomic E-state index is -0.258. The first-order chi connectivity index (χ1) is 11.1. The highest BCUT2D eigenvalue weighted by molar-refractivity contribution is 6.02. The van der Waals surface area contributed by atoms with E-state index in [1.807, 2.05) is 48.9 Å². The number of nitrogens with one attached hydrogen (secondary N) is 2. The van der Waals surface area contributed by atoms with Crippen LogP contribution in [0.5, 0.6) is 5.75 Å². The van der Waals surface area contributed by atoms with Gasteiger partial charge in [-0.15, -0.1) is 5.10 Å². The molecule has 0 fully saturated rings. The van der Waals surface area contributed by atoms with E-state index in [4.69, 9.17) is 4.74 Å². The Morgan fingerprint density at radius 3 is 2.74 bits per heavy atom. The molecule has 7 heteroatoms. The number of anilines is 1. The molecule has 0 aliphatic heterocycles. The maximum Gasteiger partial charge on any atom is 0.274 e. The Kier molecular flexibility index (Phi) is 3.84. The highest BCUT2D eigenvalue weighted by atomic mass is 16.5. The molecule has 0 bridgehead atoms. The molecule has 0 radical (unpaired) electrons. The zero-order valence-corrected chi connectivity index (χ0v) is 13.1. The van der Waals surface area contributed by atoms with Crippen LogP contribution in [0.25, 0.3) is 11.4 Å². The topological polar surface area (TPSA) is 84.8 Å². The van der Waals surface area contributed by atoms with Gasteiger partial charge < -0.3 is 9.30 Å². The number of methoxy groups -OCH3 is 1. The van der Waals surface area contributed by atoms with E-state index >= 15 is 0 Å². The number of rotatable bonds is 4. The van der Waals surface area contributed by atoms with Crippen molar-refractivity contribution < 1.29 is 9.53 Å². The number of amides is 1. The number of benzene rings is 1. The second kappa shape index (κ2) is 5.96. The Balaban J connectivity index is 1.82. The summed E-state index contributed by atoms with van der Waals surface area (Å²) >= 11 is 0. The first-order valence-electron chi connectivity index (χ1n) is 7.09. The molecule has 3 aromatic rings. The number of aryl methyl sites for hydroxylation is 1. The smallest absolute Gasteiger partial charge is 0.274 e. The number of carbonyl (C=O) groups excluding carboxylic acids is 1. The molecule has 0 atom stereocenters. The van der Waals surface area contributed by atoms with Gasteiger partial charge in [-0.1, -0.05) is 12.1 Å². The normalized spacial score (nSPS) is 10.6. The van der Waals surface area contributed by atoms with Crippen LogP contribution >= 0.6 is 0 Å². The first kappa shape index (κ1) is 14.8. The minimum Gasteiger partial charge on any atom is -0.496 e. The van der Waals surface area contributed by atoms with E-state index in [1.54, 1.807) is 13.2 Å². The molecule has 3 rings (SSSR count). The van der Waals surface area contributed by atoms with Gasteiger partial charge in [-0.3, -0.25) is 15.2 Å². The number of aromatic nitrogens is 4. The third kappa shape index (κ3) is 2.80. The van der Waals surface area contributed by atoms with E-state index in [2.05, 4.69) is 20.5 Å². The van der Waals surface area contributed by atoms with Gasteiger partial charge in [-0.2, -0.15) is 4.98 Å². The van der Waals surface area contributed by atoms with Gasteiger partial charge in [-0.25, -0.2) is 0 Å². The summed E-state index contributed by atoms with van der Waals surface area (Å²) < 4.78 is 7.11. The van der Waals surface area contributed by atoms with E-state index in [0.29, 0.717) is 17.3 Å². The molecular formula is C16H17N5O2. The zero-order valence-electron chi connectivity index (χ0n) is 13.1. The molecule has 118 valence electrons. The summed E-state index contributed by atoms with van der Waals surface area (Å²) in [7, 11) is 3.43. The van der Waals surface area contributed by atoms with Crippen LogP contribution in [-0.2, 0) is 7.05 Å². The third-order valence-electron chi connectivity index (χ3n) is 3.68. The number of nitrogens with zero attached hydrogens (tertiary/aromatic N) is 3. The van der Waals surface area contributed by atoms with Gasteiger partial charge in [0, 0.05) is 12.7 Å². The largest absolute Gasteiger partial charge is 0.496 e. The fourth-order valence-corrected chi connectivity index (χ4v) is 2.29. The van der Waals surface area contributed by atoms with Crippen molar-refractivity contribution in [2.75, 3.05) is 12.4 Å². The Labute approximate surface area is 133 Å². The van der Waals surface area contributed by atoms with Crippen LogP contribution in [0.15, 0.2) is 36.4 Å². The summed E-state index contributed by atoms with van der Waals surface area (Å²) in [5.41, 5.74) is 2.32. The third-order valence-corrected chi connectivity index (χ3v) is 3.68. The minimum absolute atomic E-state index is 0.217. The maximum absolute atomic E-state index is 12.3. The Morgan fingerprint density at radius 1 is 1.26 bits per heavy atom. The number of aromatic amines is 1. The van der Waals surface area contributed by atoms with Crippen molar-refractivity contribution in [2.45, 2.75) is 6.92 Å². The molecule has 0 aliphatic carbocycles. The van der Waals surface area contributed by atoms with Crippen molar-refractivity contribution in [3.05, 3.63) is 47.8 Å². The number of hydrogen-bond acceptors (Lipinski definition) is 4. The lowest BCUT2D eigenvalue weighted by Gasteiger charge is -2.05. The Hall–Kier alpha value is -3.09. The second-order valence-corrected chi connectivity index (χ2v) is 5.08. The van der Waals surface area contributed by atoms with Gasteiger partial charge in [0.25, 0.3) is 5.91 Å². The molecule has 0 saturated heterocycles. The molecule has 1 amide bonds. The SMILES string of the molecule is COc1ccccc1-c1nc(NC(=O)c2ccc(C)n2C)n[nH]1. The lowest BCUT2D eigenvalue weighted by Crippen LogP contribution is -2.16. The summed E-state index contributed by atoms with van der Waals surface area (Å²) in [5.74, 6) is 1.17. The van der Waals surface area contributed by atoms with Crippen LogP contribution in [-0.4, -0.2) is 32.8 Å². The van der Waals surface area contributed by atoms with E-state index in [9.17, 15) is 4.79 Å². The second-order valence-electron chi connectivity index (χ2n) is 5.08. The number of hydrogen-bond donors (Lipinski definition) is 2. The molecule has 0 aliphatic rings. The molecule has 0 spiro atoms. The average molecular weight is 311 g/mol. The fourth-order valence-electron chi connectivity index (χ4n) is 2.29. The van der Waals surface area contributed by atoms with Crippen LogP contribution in [0.3, 0.4) is 0 Å². The van der Waals surface area contributed by atoms with Gasteiger partial charge in [0.05, 0.1) is 12.7 Å². The number of para-hydroxylation sites is 1. The molecule has 1 aromatic carbocycles. The van der Waals surface area contributed by atoms with Crippen molar-refractivity contribution in [3.8, 4) is 17.1 Å².